The van der Waals surface area contributed by atoms with Crippen LogP contribution in [0.3, 0.4) is 0 Å². The number of halogens is 1. The normalized spacial score (nSPS) is 11.7. The Hall–Kier alpha value is -2.03. The minimum atomic E-state index is -3.05. The lowest BCUT2D eigenvalue weighted by Gasteiger charge is -2.06. The molecule has 0 radical (unpaired) electrons. The second-order valence-electron chi connectivity index (χ2n) is 4.45. The summed E-state index contributed by atoms with van der Waals surface area (Å²) in [4.78, 5) is 0. The van der Waals surface area contributed by atoms with Crippen LogP contribution in [-0.4, -0.2) is 40.6 Å². The largest absolute Gasteiger partial charge is 0.399 e. The first kappa shape index (κ1) is 14.4. The van der Waals surface area contributed by atoms with Gasteiger partial charge in [-0.1, -0.05) is 0 Å². The number of anilines is 1. The van der Waals surface area contributed by atoms with Gasteiger partial charge in [0, 0.05) is 18.5 Å². The zero-order valence-electron chi connectivity index (χ0n) is 10.8. The maximum atomic E-state index is 13.8. The van der Waals surface area contributed by atoms with E-state index in [9.17, 15) is 12.8 Å². The number of nitrogens with zero attached hydrogens (tertiary/aromatic N) is 4. The van der Waals surface area contributed by atoms with E-state index in [-0.39, 0.29) is 23.7 Å². The number of benzene rings is 1. The van der Waals surface area contributed by atoms with E-state index < -0.39 is 15.7 Å². The van der Waals surface area contributed by atoms with E-state index in [0.29, 0.717) is 12.1 Å². The number of nitrogen functional groups attached to an aromatic ring is 1. The first-order valence-corrected chi connectivity index (χ1v) is 7.92. The first-order chi connectivity index (χ1) is 9.37. The van der Waals surface area contributed by atoms with Crippen molar-refractivity contribution in [2.75, 3.05) is 17.7 Å². The first-order valence-electron chi connectivity index (χ1n) is 5.86. The highest BCUT2D eigenvalue weighted by atomic mass is 32.2. The minimum Gasteiger partial charge on any atom is -0.399 e. The molecule has 0 bridgehead atoms. The molecule has 0 saturated heterocycles. The van der Waals surface area contributed by atoms with E-state index >= 15 is 0 Å². The molecule has 9 heteroatoms. The van der Waals surface area contributed by atoms with Crippen LogP contribution in [0.4, 0.5) is 10.1 Å². The topological polar surface area (TPSA) is 104 Å². The van der Waals surface area contributed by atoms with Gasteiger partial charge in [0.05, 0.1) is 11.3 Å². The molecule has 0 aliphatic carbocycles. The van der Waals surface area contributed by atoms with Crippen molar-refractivity contribution < 1.29 is 12.8 Å². The van der Waals surface area contributed by atoms with Crippen molar-refractivity contribution in [3.63, 3.8) is 0 Å². The number of hydrogen-bond donors (Lipinski definition) is 1. The highest BCUT2D eigenvalue weighted by Gasteiger charge is 2.14. The molecule has 7 nitrogen and oxygen atoms in total. The Balaban J connectivity index is 2.22. The fraction of sp³-hybridized carbons (Fsp3) is 0.364. The number of nitrogens with two attached hydrogens (primary N) is 1. The molecular formula is C11H14FN5O2S. The molecule has 2 rings (SSSR count). The lowest BCUT2D eigenvalue weighted by atomic mass is 10.2. The zero-order valence-corrected chi connectivity index (χ0v) is 11.6. The number of sulfone groups is 1. The van der Waals surface area contributed by atoms with Crippen molar-refractivity contribution in [1.82, 2.24) is 20.2 Å². The van der Waals surface area contributed by atoms with Gasteiger partial charge in [0.15, 0.2) is 5.82 Å². The Morgan fingerprint density at radius 1 is 1.40 bits per heavy atom. The SMILES string of the molecule is CS(=O)(=O)CCCn1nnnc1-c1cc(N)ccc1F. The minimum absolute atomic E-state index is 0.0196. The molecule has 0 aliphatic heterocycles. The van der Waals surface area contributed by atoms with Crippen molar-refractivity contribution in [3.05, 3.63) is 24.0 Å². The fourth-order valence-electron chi connectivity index (χ4n) is 1.74. The van der Waals surface area contributed by atoms with Crippen LogP contribution >= 0.6 is 0 Å². The van der Waals surface area contributed by atoms with Gasteiger partial charge in [-0.25, -0.2) is 17.5 Å². The Kier molecular flexibility index (Phi) is 3.98. The standard InChI is InChI=1S/C11H14FN5O2S/c1-20(18,19)6-2-5-17-11(14-15-16-17)9-7-8(13)3-4-10(9)12/h3-4,7H,2,5-6,13H2,1H3. The summed E-state index contributed by atoms with van der Waals surface area (Å²) in [6.07, 6.45) is 1.51. The molecule has 1 aromatic heterocycles. The smallest absolute Gasteiger partial charge is 0.185 e. The molecule has 0 saturated carbocycles. The van der Waals surface area contributed by atoms with Gasteiger partial charge in [-0.2, -0.15) is 0 Å². The van der Waals surface area contributed by atoms with Crippen LogP contribution in [0.1, 0.15) is 6.42 Å². The zero-order chi connectivity index (χ0) is 14.8. The van der Waals surface area contributed by atoms with Gasteiger partial charge in [0.2, 0.25) is 0 Å². The van der Waals surface area contributed by atoms with E-state index in [1.165, 1.54) is 22.9 Å². The maximum Gasteiger partial charge on any atom is 0.185 e. The Labute approximate surface area is 115 Å². The third-order valence-electron chi connectivity index (χ3n) is 2.65. The molecule has 0 spiro atoms. The Morgan fingerprint density at radius 2 is 2.15 bits per heavy atom. The van der Waals surface area contributed by atoms with Crippen LogP contribution in [0, 0.1) is 5.82 Å². The van der Waals surface area contributed by atoms with Crippen LogP contribution in [0.2, 0.25) is 0 Å². The predicted molar refractivity (Wildman–Crippen MR) is 72.0 cm³/mol. The molecule has 0 amide bonds. The number of aromatic nitrogens is 4. The van der Waals surface area contributed by atoms with Gasteiger partial charge in [-0.05, 0) is 35.0 Å². The Bertz CT molecular complexity index is 713. The number of rotatable bonds is 5. The molecule has 108 valence electrons. The van der Waals surface area contributed by atoms with E-state index in [1.807, 2.05) is 0 Å². The lowest BCUT2D eigenvalue weighted by molar-refractivity contribution is 0.564. The maximum absolute atomic E-state index is 13.8. The molecular weight excluding hydrogens is 285 g/mol. The molecule has 0 fully saturated rings. The van der Waals surface area contributed by atoms with E-state index in [2.05, 4.69) is 15.5 Å². The second-order valence-corrected chi connectivity index (χ2v) is 6.71. The average molecular weight is 299 g/mol. The monoisotopic (exact) mass is 299 g/mol. The van der Waals surface area contributed by atoms with E-state index in [1.54, 1.807) is 0 Å². The van der Waals surface area contributed by atoms with Crippen molar-refractivity contribution in [2.45, 2.75) is 13.0 Å². The van der Waals surface area contributed by atoms with E-state index in [0.717, 1.165) is 6.26 Å². The molecule has 2 aromatic rings. The number of aryl methyl sites for hydroxylation is 1. The molecule has 0 aliphatic rings. The van der Waals surface area contributed by atoms with Gasteiger partial charge < -0.3 is 5.73 Å². The summed E-state index contributed by atoms with van der Waals surface area (Å²) < 4.78 is 37.3. The van der Waals surface area contributed by atoms with Gasteiger partial charge in [0.25, 0.3) is 0 Å². The van der Waals surface area contributed by atoms with Crippen molar-refractivity contribution in [2.24, 2.45) is 0 Å². The van der Waals surface area contributed by atoms with Crippen LogP contribution in [0.25, 0.3) is 11.4 Å². The van der Waals surface area contributed by atoms with Crippen molar-refractivity contribution in [3.8, 4) is 11.4 Å². The summed E-state index contributed by atoms with van der Waals surface area (Å²) in [5, 5.41) is 11.0. The Morgan fingerprint density at radius 3 is 2.85 bits per heavy atom. The molecule has 1 aromatic carbocycles. The van der Waals surface area contributed by atoms with Crippen LogP contribution in [-0.2, 0) is 16.4 Å². The molecule has 0 atom stereocenters. The summed E-state index contributed by atoms with van der Waals surface area (Å²) in [5.74, 6) is -0.243. The van der Waals surface area contributed by atoms with E-state index in [4.69, 9.17) is 5.73 Å². The highest BCUT2D eigenvalue weighted by Crippen LogP contribution is 2.22. The van der Waals surface area contributed by atoms with Crippen molar-refractivity contribution >= 4 is 15.5 Å². The average Bonchev–Trinajstić information content (AvgIpc) is 2.79. The van der Waals surface area contributed by atoms with Crippen molar-refractivity contribution in [1.29, 1.82) is 0 Å². The second kappa shape index (κ2) is 5.53. The third kappa shape index (κ3) is 3.50. The van der Waals surface area contributed by atoms with Crippen LogP contribution in [0.5, 0.6) is 0 Å². The van der Waals surface area contributed by atoms with Gasteiger partial charge in [0.1, 0.15) is 15.7 Å². The lowest BCUT2D eigenvalue weighted by Crippen LogP contribution is -2.10. The molecule has 2 N–H and O–H groups in total. The predicted octanol–water partition coefficient (Wildman–Crippen LogP) is 0.496. The highest BCUT2D eigenvalue weighted by molar-refractivity contribution is 7.90. The number of tetrazole rings is 1. The molecule has 1 heterocycles. The summed E-state index contributed by atoms with van der Waals surface area (Å²) in [5.41, 5.74) is 6.20. The van der Waals surface area contributed by atoms with Gasteiger partial charge >= 0.3 is 0 Å². The molecule has 20 heavy (non-hydrogen) atoms. The third-order valence-corrected chi connectivity index (χ3v) is 3.68. The van der Waals surface area contributed by atoms with Gasteiger partial charge in [-0.15, -0.1) is 5.10 Å². The summed E-state index contributed by atoms with van der Waals surface area (Å²) in [6.45, 7) is 0.281. The quantitative estimate of drug-likeness (QED) is 0.806. The van der Waals surface area contributed by atoms with Crippen LogP contribution in [0.15, 0.2) is 18.2 Å². The summed E-state index contributed by atoms with van der Waals surface area (Å²) >= 11 is 0. The fourth-order valence-corrected chi connectivity index (χ4v) is 2.39. The summed E-state index contributed by atoms with van der Waals surface area (Å²) in [7, 11) is -3.05. The number of hydrogen-bond acceptors (Lipinski definition) is 6. The summed E-state index contributed by atoms with van der Waals surface area (Å²) in [6, 6.07) is 4.12. The van der Waals surface area contributed by atoms with Gasteiger partial charge in [-0.3, -0.25) is 0 Å². The van der Waals surface area contributed by atoms with Crippen LogP contribution < -0.4 is 5.73 Å². The molecule has 0 unspecified atom stereocenters.